The second-order valence-electron chi connectivity index (χ2n) is 4.02. The highest BCUT2D eigenvalue weighted by molar-refractivity contribution is 7.19. The van der Waals surface area contributed by atoms with Crippen LogP contribution in [0.25, 0.3) is 0 Å². The maximum absolute atomic E-state index is 11.3. The van der Waals surface area contributed by atoms with Gasteiger partial charge in [-0.1, -0.05) is 0 Å². The minimum absolute atomic E-state index is 0.00312. The summed E-state index contributed by atoms with van der Waals surface area (Å²) in [6.45, 7) is 6.64. The van der Waals surface area contributed by atoms with E-state index < -0.39 is 5.91 Å². The number of amides is 1. The van der Waals surface area contributed by atoms with E-state index in [0.717, 1.165) is 11.5 Å². The van der Waals surface area contributed by atoms with Crippen LogP contribution in [-0.4, -0.2) is 25.6 Å². The summed E-state index contributed by atoms with van der Waals surface area (Å²) < 4.78 is 5.67. The Morgan fingerprint density at radius 1 is 1.53 bits per heavy atom. The van der Waals surface area contributed by atoms with E-state index in [4.69, 9.17) is 16.2 Å². The van der Waals surface area contributed by atoms with Gasteiger partial charge in [0.05, 0.1) is 6.10 Å². The molecule has 1 aromatic rings. The molecule has 1 aromatic heterocycles. The number of hydrogen-bond donors (Lipinski definition) is 2. The van der Waals surface area contributed by atoms with Gasteiger partial charge in [-0.2, -0.15) is 0 Å². The van der Waals surface area contributed by atoms with E-state index in [2.05, 4.69) is 0 Å². The molecule has 0 radical (unpaired) electrons. The number of ether oxygens (including phenoxy) is 1. The van der Waals surface area contributed by atoms with Gasteiger partial charge in [-0.25, -0.2) is 0 Å². The summed E-state index contributed by atoms with van der Waals surface area (Å²) in [7, 11) is 1.92. The number of nitrogens with two attached hydrogens (primary N) is 2. The highest BCUT2D eigenvalue weighted by Crippen LogP contribution is 2.44. The van der Waals surface area contributed by atoms with Crippen molar-refractivity contribution in [1.29, 1.82) is 0 Å². The van der Waals surface area contributed by atoms with Crippen molar-refractivity contribution in [2.45, 2.75) is 26.9 Å². The molecule has 5 nitrogen and oxygen atoms in total. The first kappa shape index (κ1) is 13.6. The van der Waals surface area contributed by atoms with Gasteiger partial charge < -0.3 is 21.1 Å². The largest absolute Gasteiger partial charge is 0.486 e. The van der Waals surface area contributed by atoms with Crippen LogP contribution in [0.5, 0.6) is 5.75 Å². The summed E-state index contributed by atoms with van der Waals surface area (Å²) >= 11 is 1.27. The first-order valence-corrected chi connectivity index (χ1v) is 6.29. The summed E-state index contributed by atoms with van der Waals surface area (Å²) in [5, 5.41) is 0.840. The predicted molar refractivity (Wildman–Crippen MR) is 72.0 cm³/mol. The lowest BCUT2D eigenvalue weighted by Crippen LogP contribution is -2.17. The molecule has 0 fully saturated rings. The van der Waals surface area contributed by atoms with E-state index >= 15 is 0 Å². The maximum Gasteiger partial charge on any atom is 0.261 e. The van der Waals surface area contributed by atoms with E-state index in [9.17, 15) is 4.79 Å². The van der Waals surface area contributed by atoms with Crippen molar-refractivity contribution in [2.75, 3.05) is 24.2 Å². The van der Waals surface area contributed by atoms with Crippen molar-refractivity contribution in [3.63, 3.8) is 0 Å². The summed E-state index contributed by atoms with van der Waals surface area (Å²) in [6.07, 6.45) is -0.00312. The van der Waals surface area contributed by atoms with Gasteiger partial charge in [0.1, 0.15) is 15.6 Å². The van der Waals surface area contributed by atoms with E-state index in [0.29, 0.717) is 16.3 Å². The van der Waals surface area contributed by atoms with Gasteiger partial charge in [0.25, 0.3) is 5.91 Å². The first-order chi connectivity index (χ1) is 7.88. The first-order valence-electron chi connectivity index (χ1n) is 5.48. The summed E-state index contributed by atoms with van der Waals surface area (Å²) in [5.74, 6) is 0.0417. The van der Waals surface area contributed by atoms with Crippen LogP contribution in [0.15, 0.2) is 0 Å². The number of nitrogens with zero attached hydrogens (tertiary/aromatic N) is 1. The molecule has 1 heterocycles. The van der Waals surface area contributed by atoms with Crippen LogP contribution in [0, 0.1) is 0 Å². The number of carbonyl (C=O) groups is 1. The highest BCUT2D eigenvalue weighted by atomic mass is 32.1. The Labute approximate surface area is 105 Å². The third kappa shape index (κ3) is 2.82. The fourth-order valence-electron chi connectivity index (χ4n) is 1.34. The van der Waals surface area contributed by atoms with Gasteiger partial charge in [0.15, 0.2) is 5.75 Å². The average molecular weight is 257 g/mol. The second-order valence-corrected chi connectivity index (χ2v) is 5.02. The molecule has 0 aliphatic rings. The molecular formula is C11H19N3O2S. The lowest BCUT2D eigenvalue weighted by Gasteiger charge is -2.18. The van der Waals surface area contributed by atoms with Gasteiger partial charge >= 0.3 is 0 Å². The molecule has 0 atom stereocenters. The monoisotopic (exact) mass is 257 g/mol. The van der Waals surface area contributed by atoms with Crippen LogP contribution < -0.4 is 21.1 Å². The van der Waals surface area contributed by atoms with Gasteiger partial charge in [0, 0.05) is 13.6 Å². The number of primary amides is 1. The van der Waals surface area contributed by atoms with Crippen LogP contribution in [-0.2, 0) is 0 Å². The summed E-state index contributed by atoms with van der Waals surface area (Å²) in [4.78, 5) is 13.6. The molecular weight excluding hydrogens is 238 g/mol. The quantitative estimate of drug-likeness (QED) is 0.840. The van der Waals surface area contributed by atoms with Gasteiger partial charge in [0.2, 0.25) is 0 Å². The topological polar surface area (TPSA) is 81.6 Å². The van der Waals surface area contributed by atoms with Crippen LogP contribution in [0.3, 0.4) is 0 Å². The Bertz CT molecular complexity index is 415. The number of carbonyl (C=O) groups excluding carboxylic acids is 1. The van der Waals surface area contributed by atoms with Crippen molar-refractivity contribution in [3.8, 4) is 5.75 Å². The Kier molecular flexibility index (Phi) is 4.22. The van der Waals surface area contributed by atoms with Crippen molar-refractivity contribution >= 4 is 27.9 Å². The third-order valence-electron chi connectivity index (χ3n) is 2.28. The Morgan fingerprint density at radius 2 is 2.12 bits per heavy atom. The predicted octanol–water partition coefficient (Wildman–Crippen LogP) is 1.67. The molecule has 0 aromatic carbocycles. The molecule has 0 aliphatic heterocycles. The third-order valence-corrected chi connectivity index (χ3v) is 3.60. The van der Waals surface area contributed by atoms with Crippen molar-refractivity contribution < 1.29 is 9.53 Å². The zero-order valence-corrected chi connectivity index (χ0v) is 11.4. The Balaban J connectivity index is 3.26. The van der Waals surface area contributed by atoms with Crippen molar-refractivity contribution in [3.05, 3.63) is 4.88 Å². The van der Waals surface area contributed by atoms with Crippen LogP contribution >= 0.6 is 11.3 Å². The number of rotatable bonds is 5. The molecule has 6 heteroatoms. The second kappa shape index (κ2) is 5.27. The summed E-state index contributed by atoms with van der Waals surface area (Å²) in [6, 6.07) is 0. The van der Waals surface area contributed by atoms with Gasteiger partial charge in [-0.05, 0) is 20.8 Å². The van der Waals surface area contributed by atoms with Crippen molar-refractivity contribution in [2.24, 2.45) is 5.73 Å². The molecule has 0 aliphatic carbocycles. The molecule has 96 valence electrons. The molecule has 0 saturated heterocycles. The number of hydrogen-bond acceptors (Lipinski definition) is 5. The fraction of sp³-hybridized carbons (Fsp3) is 0.545. The Morgan fingerprint density at radius 3 is 2.53 bits per heavy atom. The van der Waals surface area contributed by atoms with E-state index in [1.807, 2.05) is 32.7 Å². The summed E-state index contributed by atoms with van der Waals surface area (Å²) in [5.41, 5.74) is 11.5. The molecule has 4 N–H and O–H groups in total. The van der Waals surface area contributed by atoms with Crippen LogP contribution in [0.4, 0.5) is 10.7 Å². The number of anilines is 2. The molecule has 17 heavy (non-hydrogen) atoms. The number of nitrogen functional groups attached to an aromatic ring is 1. The lowest BCUT2D eigenvalue weighted by atomic mass is 10.3. The van der Waals surface area contributed by atoms with Gasteiger partial charge in [-0.15, -0.1) is 11.3 Å². The zero-order valence-electron chi connectivity index (χ0n) is 10.6. The molecule has 0 bridgehead atoms. The van der Waals surface area contributed by atoms with E-state index in [-0.39, 0.29) is 6.10 Å². The normalized spacial score (nSPS) is 10.6. The number of thiophene rings is 1. The van der Waals surface area contributed by atoms with Crippen molar-refractivity contribution in [1.82, 2.24) is 0 Å². The smallest absolute Gasteiger partial charge is 0.261 e. The average Bonchev–Trinajstić information content (AvgIpc) is 2.55. The standard InChI is InChI=1S/C11H19N3O2S/c1-5-14(4)11-8(16-6(2)3)7(12)9(17-11)10(13)15/h6H,5,12H2,1-4H3,(H2,13,15). The lowest BCUT2D eigenvalue weighted by molar-refractivity contribution is 0.100. The SMILES string of the molecule is CCN(C)c1sc(C(N)=O)c(N)c1OC(C)C. The van der Waals surface area contributed by atoms with E-state index in [1.54, 1.807) is 0 Å². The molecule has 0 saturated carbocycles. The van der Waals surface area contributed by atoms with Gasteiger partial charge in [-0.3, -0.25) is 4.79 Å². The minimum atomic E-state index is -0.517. The zero-order chi connectivity index (χ0) is 13.2. The maximum atomic E-state index is 11.3. The highest BCUT2D eigenvalue weighted by Gasteiger charge is 2.23. The molecule has 1 amide bonds. The van der Waals surface area contributed by atoms with Crippen LogP contribution in [0.1, 0.15) is 30.4 Å². The molecule has 0 unspecified atom stereocenters. The molecule has 0 spiro atoms. The minimum Gasteiger partial charge on any atom is -0.486 e. The molecule has 1 rings (SSSR count). The fourth-order valence-corrected chi connectivity index (χ4v) is 2.38. The Hall–Kier alpha value is -1.43. The van der Waals surface area contributed by atoms with E-state index in [1.165, 1.54) is 11.3 Å². The van der Waals surface area contributed by atoms with Crippen LogP contribution in [0.2, 0.25) is 0 Å².